The van der Waals surface area contributed by atoms with Crippen LogP contribution in [0.1, 0.15) is 22.9 Å². The van der Waals surface area contributed by atoms with Gasteiger partial charge in [-0.3, -0.25) is 4.68 Å². The molecule has 0 radical (unpaired) electrons. The van der Waals surface area contributed by atoms with Gasteiger partial charge in [-0.05, 0) is 32.6 Å². The Labute approximate surface area is 143 Å². The van der Waals surface area contributed by atoms with Gasteiger partial charge in [0.25, 0.3) is 0 Å². The highest BCUT2D eigenvalue weighted by atomic mass is 35.5. The second-order valence-electron chi connectivity index (χ2n) is 5.88. The number of likely N-dealkylation sites (N-methyl/N-ethyl adjacent to an activating group) is 1. The molecule has 0 saturated heterocycles. The molecule has 0 unspecified atom stereocenters. The molecule has 0 bridgehead atoms. The van der Waals surface area contributed by atoms with Crippen LogP contribution < -0.4 is 5.32 Å². The summed E-state index contributed by atoms with van der Waals surface area (Å²) in [5.74, 6) is 0. The highest BCUT2D eigenvalue weighted by Crippen LogP contribution is 2.25. The van der Waals surface area contributed by atoms with E-state index in [1.54, 1.807) is 0 Å². The second kappa shape index (κ2) is 8.29. The zero-order valence-corrected chi connectivity index (χ0v) is 14.8. The van der Waals surface area contributed by atoms with E-state index in [9.17, 15) is 0 Å². The molecular formula is C18H25ClN4. The first-order chi connectivity index (χ1) is 11.0. The summed E-state index contributed by atoms with van der Waals surface area (Å²) in [6.07, 6.45) is 3.92. The molecule has 0 aliphatic heterocycles. The maximum atomic E-state index is 6.35. The van der Waals surface area contributed by atoms with Crippen molar-refractivity contribution in [2.75, 3.05) is 20.6 Å². The van der Waals surface area contributed by atoms with Crippen LogP contribution in [-0.4, -0.2) is 35.3 Å². The highest BCUT2D eigenvalue weighted by molar-refractivity contribution is 6.31. The predicted octanol–water partition coefficient (Wildman–Crippen LogP) is 3.42. The number of halogens is 1. The van der Waals surface area contributed by atoms with Crippen molar-refractivity contribution in [2.45, 2.75) is 26.1 Å². The Morgan fingerprint density at radius 3 is 2.78 bits per heavy atom. The van der Waals surface area contributed by atoms with Crippen LogP contribution in [0.25, 0.3) is 0 Å². The van der Waals surface area contributed by atoms with Crippen molar-refractivity contribution in [3.63, 3.8) is 0 Å². The normalized spacial score (nSPS) is 12.6. The van der Waals surface area contributed by atoms with Gasteiger partial charge in [0, 0.05) is 35.9 Å². The van der Waals surface area contributed by atoms with E-state index in [-0.39, 0.29) is 6.04 Å². The molecular weight excluding hydrogens is 308 g/mol. The molecule has 5 heteroatoms. The minimum Gasteiger partial charge on any atom is -0.311 e. The van der Waals surface area contributed by atoms with E-state index in [1.807, 2.05) is 35.9 Å². The number of rotatable bonds is 8. The van der Waals surface area contributed by atoms with E-state index in [4.69, 9.17) is 11.6 Å². The molecule has 124 valence electrons. The average Bonchev–Trinajstić information content (AvgIpc) is 2.85. The van der Waals surface area contributed by atoms with E-state index < -0.39 is 0 Å². The van der Waals surface area contributed by atoms with Crippen molar-refractivity contribution in [2.24, 2.45) is 0 Å². The van der Waals surface area contributed by atoms with Crippen LogP contribution in [-0.2, 0) is 13.1 Å². The number of nitrogens with one attached hydrogen (secondary N) is 1. The van der Waals surface area contributed by atoms with E-state index in [0.29, 0.717) is 0 Å². The van der Waals surface area contributed by atoms with Gasteiger partial charge in [-0.25, -0.2) is 0 Å². The molecule has 0 saturated carbocycles. The molecule has 4 nitrogen and oxygen atoms in total. The van der Waals surface area contributed by atoms with Crippen molar-refractivity contribution < 1.29 is 0 Å². The summed E-state index contributed by atoms with van der Waals surface area (Å²) in [5, 5.41) is 8.81. The van der Waals surface area contributed by atoms with Crippen LogP contribution >= 0.6 is 11.6 Å². The monoisotopic (exact) mass is 332 g/mol. The van der Waals surface area contributed by atoms with Crippen molar-refractivity contribution in [1.82, 2.24) is 20.0 Å². The van der Waals surface area contributed by atoms with Crippen molar-refractivity contribution >= 4 is 11.6 Å². The van der Waals surface area contributed by atoms with Gasteiger partial charge in [-0.15, -0.1) is 6.58 Å². The Kier molecular flexibility index (Phi) is 6.39. The molecule has 1 aromatic carbocycles. The van der Waals surface area contributed by atoms with Crippen LogP contribution in [0.3, 0.4) is 0 Å². The quantitative estimate of drug-likeness (QED) is 0.752. The molecule has 1 aromatic heterocycles. The zero-order valence-electron chi connectivity index (χ0n) is 14.1. The van der Waals surface area contributed by atoms with E-state index >= 15 is 0 Å². The average molecular weight is 333 g/mol. The fraction of sp³-hybridized carbons (Fsp3) is 0.389. The fourth-order valence-electron chi connectivity index (χ4n) is 2.62. The van der Waals surface area contributed by atoms with Gasteiger partial charge < -0.3 is 10.2 Å². The minimum atomic E-state index is 0.229. The molecule has 2 rings (SSSR count). The fourth-order valence-corrected chi connectivity index (χ4v) is 2.88. The standard InChI is InChI=1S/C18H25ClN4/c1-5-10-23-13-15(14(2)21-23)11-20-12-18(22(3)4)16-8-6-7-9-17(16)19/h5-9,13,18,20H,1,10-12H2,2-4H3/t18-/m0/s1. The lowest BCUT2D eigenvalue weighted by molar-refractivity contribution is 0.288. The molecule has 0 aliphatic carbocycles. The van der Waals surface area contributed by atoms with Crippen LogP contribution in [0.2, 0.25) is 5.02 Å². The number of benzene rings is 1. The number of hydrogen-bond donors (Lipinski definition) is 1. The summed E-state index contributed by atoms with van der Waals surface area (Å²) in [5.41, 5.74) is 3.41. The summed E-state index contributed by atoms with van der Waals surface area (Å²) in [6, 6.07) is 8.25. The Bertz CT molecular complexity index is 648. The third-order valence-electron chi connectivity index (χ3n) is 3.90. The Morgan fingerprint density at radius 1 is 1.39 bits per heavy atom. The zero-order chi connectivity index (χ0) is 16.8. The van der Waals surface area contributed by atoms with E-state index in [2.05, 4.69) is 48.3 Å². The maximum absolute atomic E-state index is 6.35. The first-order valence-electron chi connectivity index (χ1n) is 7.78. The lowest BCUT2D eigenvalue weighted by Crippen LogP contribution is -2.31. The summed E-state index contributed by atoms with van der Waals surface area (Å²) < 4.78 is 1.91. The van der Waals surface area contributed by atoms with Crippen LogP contribution in [0.5, 0.6) is 0 Å². The largest absolute Gasteiger partial charge is 0.311 e. The van der Waals surface area contributed by atoms with Crippen LogP contribution in [0, 0.1) is 6.92 Å². The van der Waals surface area contributed by atoms with Gasteiger partial charge in [0.2, 0.25) is 0 Å². The summed E-state index contributed by atoms with van der Waals surface area (Å²) >= 11 is 6.35. The summed E-state index contributed by atoms with van der Waals surface area (Å²) in [6.45, 7) is 8.13. The summed E-state index contributed by atoms with van der Waals surface area (Å²) in [4.78, 5) is 2.18. The number of hydrogen-bond acceptors (Lipinski definition) is 3. The Morgan fingerprint density at radius 2 is 2.13 bits per heavy atom. The molecule has 1 heterocycles. The first kappa shape index (κ1) is 17.7. The van der Waals surface area contributed by atoms with E-state index in [1.165, 1.54) is 5.56 Å². The van der Waals surface area contributed by atoms with E-state index in [0.717, 1.165) is 35.9 Å². The second-order valence-corrected chi connectivity index (χ2v) is 6.29. The third-order valence-corrected chi connectivity index (χ3v) is 4.25. The molecule has 2 aromatic rings. The highest BCUT2D eigenvalue weighted by Gasteiger charge is 2.16. The molecule has 1 N–H and O–H groups in total. The number of nitrogens with zero attached hydrogens (tertiary/aromatic N) is 3. The van der Waals surface area contributed by atoms with Crippen molar-refractivity contribution in [3.8, 4) is 0 Å². The minimum absolute atomic E-state index is 0.229. The Balaban J connectivity index is 2.00. The van der Waals surface area contributed by atoms with Gasteiger partial charge in [0.1, 0.15) is 0 Å². The lowest BCUT2D eigenvalue weighted by atomic mass is 10.1. The molecule has 1 atom stereocenters. The van der Waals surface area contributed by atoms with Gasteiger partial charge in [0.15, 0.2) is 0 Å². The van der Waals surface area contributed by atoms with Gasteiger partial charge in [-0.1, -0.05) is 35.9 Å². The van der Waals surface area contributed by atoms with Crippen molar-refractivity contribution in [1.29, 1.82) is 0 Å². The predicted molar refractivity (Wildman–Crippen MR) is 96.7 cm³/mol. The number of allylic oxidation sites excluding steroid dienone is 1. The third kappa shape index (κ3) is 4.67. The topological polar surface area (TPSA) is 33.1 Å². The van der Waals surface area contributed by atoms with Crippen molar-refractivity contribution in [3.05, 3.63) is 65.0 Å². The van der Waals surface area contributed by atoms with Crippen LogP contribution in [0.4, 0.5) is 0 Å². The molecule has 0 amide bonds. The maximum Gasteiger partial charge on any atom is 0.0638 e. The number of aromatic nitrogens is 2. The molecule has 23 heavy (non-hydrogen) atoms. The van der Waals surface area contributed by atoms with Crippen LogP contribution in [0.15, 0.2) is 43.1 Å². The smallest absolute Gasteiger partial charge is 0.0638 e. The molecule has 0 aliphatic rings. The number of aryl methyl sites for hydroxylation is 1. The Hall–Kier alpha value is -1.62. The first-order valence-corrected chi connectivity index (χ1v) is 8.16. The van der Waals surface area contributed by atoms with Gasteiger partial charge >= 0.3 is 0 Å². The molecule has 0 fully saturated rings. The molecule has 0 spiro atoms. The summed E-state index contributed by atoms with van der Waals surface area (Å²) in [7, 11) is 4.14. The van der Waals surface area contributed by atoms with Gasteiger partial charge in [-0.2, -0.15) is 5.10 Å². The van der Waals surface area contributed by atoms with Gasteiger partial charge in [0.05, 0.1) is 12.2 Å². The lowest BCUT2D eigenvalue weighted by Gasteiger charge is -2.26. The SMILES string of the molecule is C=CCn1cc(CNC[C@@H](c2ccccc2Cl)N(C)C)c(C)n1.